The molecule has 2 unspecified atom stereocenters. The van der Waals surface area contributed by atoms with E-state index in [0.29, 0.717) is 17.4 Å². The van der Waals surface area contributed by atoms with Crippen LogP contribution in [-0.2, 0) is 17.8 Å². The topological polar surface area (TPSA) is 59.6 Å². The minimum atomic E-state index is -0.208. The van der Waals surface area contributed by atoms with Crippen molar-refractivity contribution in [2.45, 2.75) is 40.2 Å². The first-order valence-electron chi connectivity index (χ1n) is 9.23. The lowest BCUT2D eigenvalue weighted by molar-refractivity contribution is -0.134. The summed E-state index contributed by atoms with van der Waals surface area (Å²) in [5, 5.41) is 4.26. The van der Waals surface area contributed by atoms with Gasteiger partial charge in [0.25, 0.3) is 5.56 Å². The Balaban J connectivity index is 1.63. The fraction of sp³-hybridized carbons (Fsp3) is 0.526. The summed E-state index contributed by atoms with van der Waals surface area (Å²) >= 11 is 1.70. The third-order valence-electron chi connectivity index (χ3n) is 5.19. The predicted molar refractivity (Wildman–Crippen MR) is 104 cm³/mol. The van der Waals surface area contributed by atoms with Gasteiger partial charge in [-0.2, -0.15) is 5.10 Å². The number of carbonyl (C=O) groups is 1. The molecular weight excluding hydrogens is 348 g/mol. The van der Waals surface area contributed by atoms with E-state index in [2.05, 4.69) is 31.9 Å². The van der Waals surface area contributed by atoms with E-state index in [1.807, 2.05) is 15.4 Å². The van der Waals surface area contributed by atoms with Crippen molar-refractivity contribution >= 4 is 33.0 Å². The molecule has 0 spiro atoms. The molecule has 7 heteroatoms. The first kappa shape index (κ1) is 17.3. The van der Waals surface area contributed by atoms with Gasteiger partial charge in [-0.1, -0.05) is 20.8 Å². The van der Waals surface area contributed by atoms with Gasteiger partial charge in [-0.05, 0) is 36.8 Å². The molecule has 2 atom stereocenters. The minimum absolute atomic E-state index is 0.00775. The fourth-order valence-electron chi connectivity index (χ4n) is 4.03. The van der Waals surface area contributed by atoms with E-state index < -0.39 is 0 Å². The molecule has 1 amide bonds. The van der Waals surface area contributed by atoms with E-state index in [9.17, 15) is 9.59 Å². The van der Waals surface area contributed by atoms with Gasteiger partial charge < -0.3 is 4.90 Å². The number of aryl methyl sites for hydroxylation is 1. The van der Waals surface area contributed by atoms with E-state index in [0.717, 1.165) is 36.1 Å². The fourth-order valence-corrected chi connectivity index (χ4v) is 5.06. The van der Waals surface area contributed by atoms with Crippen LogP contribution >= 0.6 is 11.3 Å². The molecule has 1 saturated heterocycles. The molecular formula is C19H24N4O2S. The van der Waals surface area contributed by atoms with Crippen LogP contribution in [0.5, 0.6) is 0 Å². The Morgan fingerprint density at radius 3 is 2.65 bits per heavy atom. The van der Waals surface area contributed by atoms with Crippen LogP contribution < -0.4 is 5.56 Å². The lowest BCUT2D eigenvalue weighted by Crippen LogP contribution is -2.45. The molecule has 6 nitrogen and oxygen atoms in total. The molecule has 4 heterocycles. The Morgan fingerprint density at radius 2 is 1.96 bits per heavy atom. The van der Waals surface area contributed by atoms with Crippen molar-refractivity contribution in [3.8, 4) is 0 Å². The number of hydrogen-bond acceptors (Lipinski definition) is 4. The van der Waals surface area contributed by atoms with Gasteiger partial charge in [0.1, 0.15) is 18.4 Å². The summed E-state index contributed by atoms with van der Waals surface area (Å²) < 4.78 is 4.22. The zero-order valence-electron chi connectivity index (χ0n) is 15.4. The van der Waals surface area contributed by atoms with Crippen LogP contribution in [0.1, 0.15) is 32.1 Å². The summed E-state index contributed by atoms with van der Waals surface area (Å²) in [7, 11) is 0. The molecule has 0 saturated carbocycles. The van der Waals surface area contributed by atoms with Gasteiger partial charge in [0.2, 0.25) is 5.91 Å². The van der Waals surface area contributed by atoms with Crippen LogP contribution in [0, 0.1) is 11.8 Å². The van der Waals surface area contributed by atoms with Crippen LogP contribution in [0.25, 0.3) is 15.7 Å². The van der Waals surface area contributed by atoms with Crippen LogP contribution in [0.3, 0.4) is 0 Å². The summed E-state index contributed by atoms with van der Waals surface area (Å²) in [5.41, 5.74) is 1.39. The van der Waals surface area contributed by atoms with Gasteiger partial charge in [0.05, 0.1) is 10.2 Å². The Bertz CT molecular complexity index is 1020. The molecule has 0 radical (unpaired) electrons. The number of thiophene rings is 1. The van der Waals surface area contributed by atoms with Crippen LogP contribution in [0.4, 0.5) is 0 Å². The summed E-state index contributed by atoms with van der Waals surface area (Å²) in [6.07, 6.45) is 3.78. The average Bonchev–Trinajstić information content (AvgIpc) is 3.14. The number of hydrogen-bond donors (Lipinski definition) is 0. The SMILES string of the molecule is CCc1cc2c(cc3c(=O)n(CC(=O)N4CC(C)CC(C)C4)ncn32)s1. The lowest BCUT2D eigenvalue weighted by Gasteiger charge is -2.35. The monoisotopic (exact) mass is 372 g/mol. The van der Waals surface area contributed by atoms with Crippen molar-refractivity contribution in [2.24, 2.45) is 11.8 Å². The summed E-state index contributed by atoms with van der Waals surface area (Å²) in [6, 6.07) is 4.02. The largest absolute Gasteiger partial charge is 0.341 e. The Hall–Kier alpha value is -2.15. The van der Waals surface area contributed by atoms with Gasteiger partial charge in [0.15, 0.2) is 0 Å². The standard InChI is InChI=1S/C19H24N4O2S/c1-4-14-6-15-17(26-14)7-16-19(25)23(20-11-22(15)16)10-18(24)21-8-12(2)5-13(3)9-21/h6-7,11-13H,4-5,8-10H2,1-3H3. The number of fused-ring (bicyclic) bond motifs is 3. The maximum Gasteiger partial charge on any atom is 0.291 e. The van der Waals surface area contributed by atoms with E-state index in [1.165, 1.54) is 9.56 Å². The number of rotatable bonds is 3. The predicted octanol–water partition coefficient (Wildman–Crippen LogP) is 2.78. The first-order chi connectivity index (χ1) is 12.5. The molecule has 1 aliphatic heterocycles. The van der Waals surface area contributed by atoms with Crippen LogP contribution in [0.15, 0.2) is 23.3 Å². The highest BCUT2D eigenvalue weighted by atomic mass is 32.1. The zero-order valence-corrected chi connectivity index (χ0v) is 16.3. The third kappa shape index (κ3) is 2.94. The molecule has 0 aromatic carbocycles. The van der Waals surface area contributed by atoms with Crippen molar-refractivity contribution in [2.75, 3.05) is 13.1 Å². The Labute approximate surface area is 156 Å². The third-order valence-corrected chi connectivity index (χ3v) is 6.41. The second-order valence-corrected chi connectivity index (χ2v) is 8.72. The average molecular weight is 372 g/mol. The lowest BCUT2D eigenvalue weighted by atomic mass is 9.92. The molecule has 1 aliphatic rings. The van der Waals surface area contributed by atoms with Crippen LogP contribution in [-0.4, -0.2) is 38.1 Å². The Kier molecular flexibility index (Phi) is 4.34. The van der Waals surface area contributed by atoms with Gasteiger partial charge >= 0.3 is 0 Å². The molecule has 0 N–H and O–H groups in total. The van der Waals surface area contributed by atoms with E-state index in [1.54, 1.807) is 17.7 Å². The number of carbonyl (C=O) groups excluding carboxylic acids is 1. The number of nitrogens with zero attached hydrogens (tertiary/aromatic N) is 4. The zero-order chi connectivity index (χ0) is 18.4. The number of amides is 1. The highest BCUT2D eigenvalue weighted by Crippen LogP contribution is 2.28. The highest BCUT2D eigenvalue weighted by molar-refractivity contribution is 7.19. The second kappa shape index (κ2) is 6.54. The smallest absolute Gasteiger partial charge is 0.291 e. The van der Waals surface area contributed by atoms with Gasteiger partial charge in [-0.15, -0.1) is 11.3 Å². The van der Waals surface area contributed by atoms with E-state index in [4.69, 9.17) is 0 Å². The maximum absolute atomic E-state index is 12.8. The molecule has 3 aromatic heterocycles. The quantitative estimate of drug-likeness (QED) is 0.710. The molecule has 3 aromatic rings. The molecule has 4 rings (SSSR count). The Morgan fingerprint density at radius 1 is 1.23 bits per heavy atom. The minimum Gasteiger partial charge on any atom is -0.341 e. The number of likely N-dealkylation sites (tertiary alicyclic amines) is 1. The van der Waals surface area contributed by atoms with Crippen molar-refractivity contribution in [1.29, 1.82) is 0 Å². The first-order valence-corrected chi connectivity index (χ1v) is 10.0. The molecule has 26 heavy (non-hydrogen) atoms. The highest BCUT2D eigenvalue weighted by Gasteiger charge is 2.26. The molecule has 0 aliphatic carbocycles. The van der Waals surface area contributed by atoms with Crippen LogP contribution in [0.2, 0.25) is 0 Å². The maximum atomic E-state index is 12.8. The number of piperidine rings is 1. The second-order valence-electron chi connectivity index (χ2n) is 7.55. The normalized spacial score (nSPS) is 21.0. The number of aromatic nitrogens is 3. The van der Waals surface area contributed by atoms with E-state index >= 15 is 0 Å². The van der Waals surface area contributed by atoms with E-state index in [-0.39, 0.29) is 18.0 Å². The molecule has 138 valence electrons. The van der Waals surface area contributed by atoms with Crippen molar-refractivity contribution in [3.05, 3.63) is 33.7 Å². The molecule has 0 bridgehead atoms. The van der Waals surface area contributed by atoms with Crippen molar-refractivity contribution in [1.82, 2.24) is 19.1 Å². The van der Waals surface area contributed by atoms with Gasteiger partial charge in [0, 0.05) is 18.0 Å². The van der Waals surface area contributed by atoms with Crippen molar-refractivity contribution in [3.63, 3.8) is 0 Å². The van der Waals surface area contributed by atoms with Gasteiger partial charge in [-0.3, -0.25) is 14.0 Å². The van der Waals surface area contributed by atoms with Crippen molar-refractivity contribution < 1.29 is 4.79 Å². The summed E-state index contributed by atoms with van der Waals surface area (Å²) in [5.74, 6) is 0.976. The summed E-state index contributed by atoms with van der Waals surface area (Å²) in [6.45, 7) is 8.00. The summed E-state index contributed by atoms with van der Waals surface area (Å²) in [4.78, 5) is 28.7. The molecule has 1 fully saturated rings. The van der Waals surface area contributed by atoms with Gasteiger partial charge in [-0.25, -0.2) is 4.68 Å².